The van der Waals surface area contributed by atoms with Crippen molar-refractivity contribution in [2.75, 3.05) is 6.54 Å². The summed E-state index contributed by atoms with van der Waals surface area (Å²) in [5, 5.41) is 3.30. The Hall–Kier alpha value is -1.09. The van der Waals surface area contributed by atoms with Crippen LogP contribution in [0.1, 0.15) is 51.8 Å². The lowest BCUT2D eigenvalue weighted by Crippen LogP contribution is -2.23. The van der Waals surface area contributed by atoms with E-state index in [2.05, 4.69) is 19.2 Å². The zero-order valence-corrected chi connectivity index (χ0v) is 12.9. The van der Waals surface area contributed by atoms with Crippen molar-refractivity contribution in [3.05, 3.63) is 29.1 Å². The van der Waals surface area contributed by atoms with Crippen LogP contribution in [0.5, 0.6) is 5.75 Å². The highest BCUT2D eigenvalue weighted by Gasteiger charge is 2.17. The third kappa shape index (κ3) is 4.20. The molecule has 0 fully saturated rings. The summed E-state index contributed by atoms with van der Waals surface area (Å²) in [6.45, 7) is 13.0. The van der Waals surface area contributed by atoms with Crippen LogP contribution in [0.3, 0.4) is 0 Å². The summed E-state index contributed by atoms with van der Waals surface area (Å²) in [4.78, 5) is 0. The molecule has 0 aliphatic rings. The predicted octanol–water partition coefficient (Wildman–Crippen LogP) is 4.23. The Bertz CT molecular complexity index is 417. The molecule has 108 valence electrons. The van der Waals surface area contributed by atoms with E-state index in [1.165, 1.54) is 0 Å². The van der Waals surface area contributed by atoms with Crippen molar-refractivity contribution in [2.24, 2.45) is 5.92 Å². The first-order valence-corrected chi connectivity index (χ1v) is 7.06. The molecule has 0 bridgehead atoms. The quantitative estimate of drug-likeness (QED) is 0.833. The summed E-state index contributed by atoms with van der Waals surface area (Å²) >= 11 is 0. The molecule has 2 atom stereocenters. The number of aryl methyl sites for hydroxylation is 1. The van der Waals surface area contributed by atoms with Gasteiger partial charge in [0.2, 0.25) is 0 Å². The average molecular weight is 267 g/mol. The predicted molar refractivity (Wildman–Crippen MR) is 78.2 cm³/mol. The zero-order valence-electron chi connectivity index (χ0n) is 12.9. The van der Waals surface area contributed by atoms with Gasteiger partial charge < -0.3 is 10.1 Å². The van der Waals surface area contributed by atoms with E-state index in [1.807, 2.05) is 20.8 Å². The van der Waals surface area contributed by atoms with E-state index in [-0.39, 0.29) is 18.0 Å². The highest BCUT2D eigenvalue weighted by molar-refractivity contribution is 5.40. The van der Waals surface area contributed by atoms with Gasteiger partial charge in [-0.25, -0.2) is 4.39 Å². The van der Waals surface area contributed by atoms with Gasteiger partial charge in [-0.05, 0) is 50.9 Å². The van der Waals surface area contributed by atoms with Gasteiger partial charge in [0.05, 0.1) is 6.10 Å². The van der Waals surface area contributed by atoms with Crippen LogP contribution in [0.15, 0.2) is 12.1 Å². The number of hydrogen-bond acceptors (Lipinski definition) is 2. The Balaban J connectivity index is 3.09. The molecule has 0 aliphatic heterocycles. The van der Waals surface area contributed by atoms with Crippen LogP contribution in [-0.4, -0.2) is 12.6 Å². The fourth-order valence-electron chi connectivity index (χ4n) is 1.86. The molecule has 19 heavy (non-hydrogen) atoms. The molecule has 2 unspecified atom stereocenters. The molecule has 0 radical (unpaired) electrons. The second-order valence-corrected chi connectivity index (χ2v) is 5.49. The smallest absolute Gasteiger partial charge is 0.126 e. The summed E-state index contributed by atoms with van der Waals surface area (Å²) in [6, 6.07) is 3.47. The molecule has 1 aromatic rings. The second kappa shape index (κ2) is 6.90. The molecule has 2 nitrogen and oxygen atoms in total. The first-order valence-electron chi connectivity index (χ1n) is 7.06. The summed E-state index contributed by atoms with van der Waals surface area (Å²) in [7, 11) is 0. The Morgan fingerprint density at radius 1 is 1.21 bits per heavy atom. The second-order valence-electron chi connectivity index (χ2n) is 5.49. The van der Waals surface area contributed by atoms with E-state index < -0.39 is 0 Å². The van der Waals surface area contributed by atoms with Crippen molar-refractivity contribution in [3.63, 3.8) is 0 Å². The maximum atomic E-state index is 13.8. The number of ether oxygens (including phenoxy) is 1. The van der Waals surface area contributed by atoms with Crippen LogP contribution in [0.4, 0.5) is 4.39 Å². The molecule has 0 aliphatic carbocycles. The van der Waals surface area contributed by atoms with Crippen molar-refractivity contribution in [3.8, 4) is 5.75 Å². The van der Waals surface area contributed by atoms with E-state index >= 15 is 0 Å². The maximum absolute atomic E-state index is 13.8. The normalized spacial score (nSPS) is 14.5. The minimum absolute atomic E-state index is 0.0782. The Morgan fingerprint density at radius 2 is 1.84 bits per heavy atom. The highest BCUT2D eigenvalue weighted by atomic mass is 19.1. The first kappa shape index (κ1) is 16.0. The maximum Gasteiger partial charge on any atom is 0.126 e. The van der Waals surface area contributed by atoms with E-state index in [9.17, 15) is 4.39 Å². The first-order chi connectivity index (χ1) is 8.86. The Kier molecular flexibility index (Phi) is 5.80. The SMILES string of the molecule is CCNC(C)c1cc(F)c(C)cc1OC(C)C(C)C. The molecule has 0 spiro atoms. The summed E-state index contributed by atoms with van der Waals surface area (Å²) in [5.74, 6) is 1.03. The van der Waals surface area contributed by atoms with Crippen LogP contribution >= 0.6 is 0 Å². The number of halogens is 1. The van der Waals surface area contributed by atoms with E-state index in [4.69, 9.17) is 4.74 Å². The van der Waals surface area contributed by atoms with Gasteiger partial charge in [-0.3, -0.25) is 0 Å². The minimum atomic E-state index is -0.177. The van der Waals surface area contributed by atoms with E-state index in [0.717, 1.165) is 17.9 Å². The molecular formula is C16H26FNO. The molecule has 0 heterocycles. The molecular weight excluding hydrogens is 241 g/mol. The highest BCUT2D eigenvalue weighted by Crippen LogP contribution is 2.30. The van der Waals surface area contributed by atoms with Crippen LogP contribution in [0, 0.1) is 18.7 Å². The molecule has 0 aromatic heterocycles. The summed E-state index contributed by atoms with van der Waals surface area (Å²) < 4.78 is 19.8. The van der Waals surface area contributed by atoms with Crippen molar-refractivity contribution in [2.45, 2.75) is 53.7 Å². The van der Waals surface area contributed by atoms with Gasteiger partial charge in [-0.15, -0.1) is 0 Å². The molecule has 0 amide bonds. The van der Waals surface area contributed by atoms with Crippen LogP contribution in [0.25, 0.3) is 0 Å². The standard InChI is InChI=1S/C16H26FNO/c1-7-18-12(5)14-9-15(17)11(4)8-16(14)19-13(6)10(2)3/h8-10,12-13,18H,7H2,1-6H3. The Labute approximate surface area is 116 Å². The molecule has 1 N–H and O–H groups in total. The van der Waals surface area contributed by atoms with E-state index in [0.29, 0.717) is 11.5 Å². The number of rotatable bonds is 6. The van der Waals surface area contributed by atoms with Crippen LogP contribution < -0.4 is 10.1 Å². The third-order valence-electron chi connectivity index (χ3n) is 3.52. The summed E-state index contributed by atoms with van der Waals surface area (Å²) in [6.07, 6.45) is 0.109. The fourth-order valence-corrected chi connectivity index (χ4v) is 1.86. The van der Waals surface area contributed by atoms with Gasteiger partial charge in [-0.1, -0.05) is 20.8 Å². The van der Waals surface area contributed by atoms with Crippen LogP contribution in [-0.2, 0) is 0 Å². The van der Waals surface area contributed by atoms with E-state index in [1.54, 1.807) is 19.1 Å². The van der Waals surface area contributed by atoms with Gasteiger partial charge in [0.1, 0.15) is 11.6 Å². The van der Waals surface area contributed by atoms with Gasteiger partial charge in [0.25, 0.3) is 0 Å². The van der Waals surface area contributed by atoms with Crippen molar-refractivity contribution in [1.29, 1.82) is 0 Å². The van der Waals surface area contributed by atoms with Gasteiger partial charge in [-0.2, -0.15) is 0 Å². The molecule has 0 saturated carbocycles. The number of benzene rings is 1. The van der Waals surface area contributed by atoms with Gasteiger partial charge >= 0.3 is 0 Å². The largest absolute Gasteiger partial charge is 0.490 e. The lowest BCUT2D eigenvalue weighted by Gasteiger charge is -2.23. The lowest BCUT2D eigenvalue weighted by molar-refractivity contribution is 0.167. The number of hydrogen-bond donors (Lipinski definition) is 1. The van der Waals surface area contributed by atoms with Crippen molar-refractivity contribution < 1.29 is 9.13 Å². The lowest BCUT2D eigenvalue weighted by atomic mass is 10.0. The molecule has 3 heteroatoms. The van der Waals surface area contributed by atoms with Gasteiger partial charge in [0.15, 0.2) is 0 Å². The Morgan fingerprint density at radius 3 is 2.37 bits per heavy atom. The average Bonchev–Trinajstić information content (AvgIpc) is 2.33. The fraction of sp³-hybridized carbons (Fsp3) is 0.625. The minimum Gasteiger partial charge on any atom is -0.490 e. The monoisotopic (exact) mass is 267 g/mol. The van der Waals surface area contributed by atoms with Crippen LogP contribution in [0.2, 0.25) is 0 Å². The molecule has 0 saturated heterocycles. The van der Waals surface area contributed by atoms with Crippen molar-refractivity contribution in [1.82, 2.24) is 5.32 Å². The zero-order chi connectivity index (χ0) is 14.6. The van der Waals surface area contributed by atoms with Crippen molar-refractivity contribution >= 4 is 0 Å². The van der Waals surface area contributed by atoms with Gasteiger partial charge in [0, 0.05) is 11.6 Å². The number of nitrogens with one attached hydrogen (secondary N) is 1. The summed E-state index contributed by atoms with van der Waals surface area (Å²) in [5.41, 5.74) is 1.51. The molecule has 1 rings (SSSR count). The topological polar surface area (TPSA) is 21.3 Å². The molecule has 1 aromatic carbocycles. The third-order valence-corrected chi connectivity index (χ3v) is 3.52.